The normalized spacial score (nSPS) is 22.4. The fraction of sp³-hybridized carbons (Fsp3) is 0.500. The molecule has 0 aliphatic carbocycles. The zero-order valence-electron chi connectivity index (χ0n) is 9.74. The zero-order valence-corrected chi connectivity index (χ0v) is 9.74. The molecule has 16 heavy (non-hydrogen) atoms. The smallest absolute Gasteiger partial charge is 0.0753 e. The van der Waals surface area contributed by atoms with Crippen molar-refractivity contribution in [3.63, 3.8) is 0 Å². The first kappa shape index (κ1) is 11.2. The average Bonchev–Trinajstić information content (AvgIpc) is 2.34. The maximum Gasteiger partial charge on any atom is 0.0753 e. The Morgan fingerprint density at radius 3 is 2.69 bits per heavy atom. The van der Waals surface area contributed by atoms with E-state index in [-0.39, 0.29) is 5.92 Å². The van der Waals surface area contributed by atoms with Gasteiger partial charge in [-0.1, -0.05) is 29.8 Å². The Labute approximate surface area is 97.3 Å². The molecule has 0 amide bonds. The van der Waals surface area contributed by atoms with Crippen molar-refractivity contribution >= 4 is 0 Å². The highest BCUT2D eigenvalue weighted by atomic mass is 14.9. The molecule has 2 nitrogen and oxygen atoms in total. The summed E-state index contributed by atoms with van der Waals surface area (Å²) in [6.07, 6.45) is 2.35. The molecule has 0 radical (unpaired) electrons. The van der Waals surface area contributed by atoms with Crippen LogP contribution in [0.15, 0.2) is 24.3 Å². The van der Waals surface area contributed by atoms with Gasteiger partial charge in [0.25, 0.3) is 0 Å². The minimum absolute atomic E-state index is 0.0494. The number of aryl methyl sites for hydroxylation is 1. The van der Waals surface area contributed by atoms with Gasteiger partial charge in [-0.2, -0.15) is 5.26 Å². The summed E-state index contributed by atoms with van der Waals surface area (Å²) in [6.45, 7) is 4.15. The summed E-state index contributed by atoms with van der Waals surface area (Å²) in [6, 6.07) is 10.8. The highest BCUT2D eigenvalue weighted by molar-refractivity contribution is 5.29. The molecule has 84 valence electrons. The Balaban J connectivity index is 2.15. The maximum absolute atomic E-state index is 9.32. The number of nitriles is 1. The van der Waals surface area contributed by atoms with Crippen LogP contribution in [-0.2, 0) is 0 Å². The molecule has 1 heterocycles. The summed E-state index contributed by atoms with van der Waals surface area (Å²) in [5, 5.41) is 12.7. The Bertz CT molecular complexity index is 369. The van der Waals surface area contributed by atoms with Crippen LogP contribution < -0.4 is 5.32 Å². The summed E-state index contributed by atoms with van der Waals surface area (Å²) >= 11 is 0. The quantitative estimate of drug-likeness (QED) is 0.821. The first-order chi connectivity index (χ1) is 7.81. The molecule has 1 N–H and O–H groups in total. The predicted molar refractivity (Wildman–Crippen MR) is 65.1 cm³/mol. The predicted octanol–water partition coefficient (Wildman–Crippen LogP) is 2.60. The van der Waals surface area contributed by atoms with Crippen molar-refractivity contribution in [3.05, 3.63) is 35.4 Å². The summed E-state index contributed by atoms with van der Waals surface area (Å²) in [5.74, 6) is 0.523. The Hall–Kier alpha value is -1.33. The van der Waals surface area contributed by atoms with Crippen molar-refractivity contribution in [2.75, 3.05) is 13.1 Å². The first-order valence-corrected chi connectivity index (χ1v) is 5.98. The lowest BCUT2D eigenvalue weighted by atomic mass is 9.82. The summed E-state index contributed by atoms with van der Waals surface area (Å²) in [4.78, 5) is 0. The van der Waals surface area contributed by atoms with Crippen molar-refractivity contribution in [3.8, 4) is 6.07 Å². The third-order valence-electron chi connectivity index (χ3n) is 3.38. The van der Waals surface area contributed by atoms with E-state index in [0.717, 1.165) is 13.1 Å². The SMILES string of the molecule is Cc1ccc(C(C#N)C2CCCNC2)cc1. The Morgan fingerprint density at radius 2 is 2.12 bits per heavy atom. The highest BCUT2D eigenvalue weighted by Crippen LogP contribution is 2.28. The molecular formula is C14H18N2. The van der Waals surface area contributed by atoms with Crippen LogP contribution in [0, 0.1) is 24.2 Å². The molecule has 2 atom stereocenters. The van der Waals surface area contributed by atoms with Crippen LogP contribution in [-0.4, -0.2) is 13.1 Å². The van der Waals surface area contributed by atoms with E-state index in [1.54, 1.807) is 0 Å². The van der Waals surface area contributed by atoms with Crippen LogP contribution in [0.2, 0.25) is 0 Å². The van der Waals surface area contributed by atoms with Gasteiger partial charge in [0.15, 0.2) is 0 Å². The number of nitrogens with zero attached hydrogens (tertiary/aromatic N) is 1. The second-order valence-corrected chi connectivity index (χ2v) is 4.62. The van der Waals surface area contributed by atoms with E-state index in [0.29, 0.717) is 5.92 Å². The van der Waals surface area contributed by atoms with Crippen molar-refractivity contribution in [2.24, 2.45) is 5.92 Å². The van der Waals surface area contributed by atoms with Crippen LogP contribution in [0.1, 0.15) is 29.9 Å². The monoisotopic (exact) mass is 214 g/mol. The molecule has 2 unspecified atom stereocenters. The maximum atomic E-state index is 9.32. The molecule has 1 aliphatic rings. The zero-order chi connectivity index (χ0) is 11.4. The van der Waals surface area contributed by atoms with Crippen molar-refractivity contribution in [1.82, 2.24) is 5.32 Å². The average molecular weight is 214 g/mol. The number of benzene rings is 1. The minimum atomic E-state index is 0.0494. The standard InChI is InChI=1S/C14H18N2/c1-11-4-6-12(7-5-11)14(9-15)13-3-2-8-16-10-13/h4-7,13-14,16H,2-3,8,10H2,1H3. The van der Waals surface area contributed by atoms with Crippen LogP contribution in [0.25, 0.3) is 0 Å². The van der Waals surface area contributed by atoms with Gasteiger partial charge in [-0.25, -0.2) is 0 Å². The minimum Gasteiger partial charge on any atom is -0.316 e. The Kier molecular flexibility index (Phi) is 3.58. The van der Waals surface area contributed by atoms with Gasteiger partial charge in [-0.3, -0.25) is 0 Å². The fourth-order valence-electron chi connectivity index (χ4n) is 2.39. The topological polar surface area (TPSA) is 35.8 Å². The van der Waals surface area contributed by atoms with E-state index < -0.39 is 0 Å². The number of nitrogens with one attached hydrogen (secondary N) is 1. The molecule has 2 rings (SSSR count). The van der Waals surface area contributed by atoms with Gasteiger partial charge < -0.3 is 5.32 Å². The largest absolute Gasteiger partial charge is 0.316 e. The molecule has 2 heteroatoms. The molecule has 1 aliphatic heterocycles. The third-order valence-corrected chi connectivity index (χ3v) is 3.38. The lowest BCUT2D eigenvalue weighted by molar-refractivity contribution is 0.354. The van der Waals surface area contributed by atoms with Crippen LogP contribution in [0.5, 0.6) is 0 Å². The van der Waals surface area contributed by atoms with Gasteiger partial charge in [0.05, 0.1) is 12.0 Å². The molecule has 0 spiro atoms. The number of piperidine rings is 1. The number of rotatable bonds is 2. The van der Waals surface area contributed by atoms with Crippen molar-refractivity contribution in [2.45, 2.75) is 25.7 Å². The number of hydrogen-bond donors (Lipinski definition) is 1. The van der Waals surface area contributed by atoms with E-state index in [2.05, 4.69) is 42.6 Å². The molecule has 1 saturated heterocycles. The highest BCUT2D eigenvalue weighted by Gasteiger charge is 2.24. The van der Waals surface area contributed by atoms with E-state index in [4.69, 9.17) is 0 Å². The molecule has 0 aromatic heterocycles. The molecule has 0 bridgehead atoms. The number of hydrogen-bond acceptors (Lipinski definition) is 2. The lowest BCUT2D eigenvalue weighted by Gasteiger charge is -2.26. The summed E-state index contributed by atoms with van der Waals surface area (Å²) in [5.41, 5.74) is 2.42. The van der Waals surface area contributed by atoms with E-state index in [9.17, 15) is 5.26 Å². The first-order valence-electron chi connectivity index (χ1n) is 5.98. The van der Waals surface area contributed by atoms with Gasteiger partial charge in [-0.15, -0.1) is 0 Å². The van der Waals surface area contributed by atoms with Crippen molar-refractivity contribution < 1.29 is 0 Å². The summed E-state index contributed by atoms with van der Waals surface area (Å²) < 4.78 is 0. The molecule has 1 aromatic rings. The van der Waals surface area contributed by atoms with Crippen molar-refractivity contribution in [1.29, 1.82) is 5.26 Å². The summed E-state index contributed by atoms with van der Waals surface area (Å²) in [7, 11) is 0. The third kappa shape index (κ3) is 2.43. The van der Waals surface area contributed by atoms with Crippen LogP contribution >= 0.6 is 0 Å². The van der Waals surface area contributed by atoms with E-state index in [1.807, 2.05) is 0 Å². The second kappa shape index (κ2) is 5.14. The van der Waals surface area contributed by atoms with E-state index in [1.165, 1.54) is 24.0 Å². The van der Waals surface area contributed by atoms with Crippen LogP contribution in [0.4, 0.5) is 0 Å². The molecule has 1 fully saturated rings. The van der Waals surface area contributed by atoms with Gasteiger partial charge >= 0.3 is 0 Å². The fourth-order valence-corrected chi connectivity index (χ4v) is 2.39. The molecule has 1 aromatic carbocycles. The van der Waals surface area contributed by atoms with Gasteiger partial charge in [0, 0.05) is 0 Å². The van der Waals surface area contributed by atoms with Gasteiger partial charge in [0.2, 0.25) is 0 Å². The van der Waals surface area contributed by atoms with Gasteiger partial charge in [-0.05, 0) is 44.3 Å². The second-order valence-electron chi connectivity index (χ2n) is 4.62. The molecular weight excluding hydrogens is 196 g/mol. The molecule has 0 saturated carbocycles. The van der Waals surface area contributed by atoms with Crippen LogP contribution in [0.3, 0.4) is 0 Å². The van der Waals surface area contributed by atoms with Gasteiger partial charge in [0.1, 0.15) is 0 Å². The Morgan fingerprint density at radius 1 is 1.38 bits per heavy atom. The lowest BCUT2D eigenvalue weighted by Crippen LogP contribution is -2.32. The van der Waals surface area contributed by atoms with E-state index >= 15 is 0 Å².